The second-order valence-corrected chi connectivity index (χ2v) is 5.55. The normalized spacial score (nSPS) is 14.2. The Labute approximate surface area is 118 Å². The number of rotatable bonds is 6. The van der Waals surface area contributed by atoms with E-state index in [2.05, 4.69) is 13.8 Å². The Bertz CT molecular complexity index is 438. The molecule has 1 aromatic carbocycles. The predicted molar refractivity (Wildman–Crippen MR) is 77.2 cm³/mol. The predicted octanol–water partition coefficient (Wildman–Crippen LogP) is 4.36. The van der Waals surface area contributed by atoms with Gasteiger partial charge in [-0.25, -0.2) is 0 Å². The van der Waals surface area contributed by atoms with Crippen molar-refractivity contribution < 1.29 is 9.66 Å². The molecule has 0 aliphatic rings. The van der Waals surface area contributed by atoms with Crippen molar-refractivity contribution in [1.82, 2.24) is 0 Å². The molecule has 0 fully saturated rings. The van der Waals surface area contributed by atoms with Gasteiger partial charge in [-0.2, -0.15) is 0 Å². The fraction of sp³-hybridized carbons (Fsp3) is 0.571. The number of hydrogen-bond acceptors (Lipinski definition) is 3. The van der Waals surface area contributed by atoms with E-state index in [1.165, 1.54) is 6.07 Å². The number of nitro groups is 1. The summed E-state index contributed by atoms with van der Waals surface area (Å²) >= 11 is 6.23. The Balaban J connectivity index is 3.23. The van der Waals surface area contributed by atoms with E-state index in [9.17, 15) is 10.1 Å². The Hall–Kier alpha value is -1.29. The number of nitrogens with zero attached hydrogens (tertiary/aromatic N) is 1. The second-order valence-electron chi connectivity index (χ2n) is 4.86. The summed E-state index contributed by atoms with van der Waals surface area (Å²) in [6, 6.07) is 5.00. The Morgan fingerprint density at radius 1 is 1.37 bits per heavy atom. The highest BCUT2D eigenvalue weighted by atomic mass is 35.5. The quantitative estimate of drug-likeness (QED) is 0.443. The van der Waals surface area contributed by atoms with E-state index in [1.807, 2.05) is 6.92 Å². The number of nitro benzene ring substituents is 1. The smallest absolute Gasteiger partial charge is 0.310 e. The first-order valence-electron chi connectivity index (χ1n) is 6.43. The maximum atomic E-state index is 10.9. The molecule has 0 N–H and O–H groups in total. The Morgan fingerprint density at radius 3 is 2.42 bits per heavy atom. The molecule has 106 valence electrons. The molecule has 0 saturated heterocycles. The van der Waals surface area contributed by atoms with Gasteiger partial charge in [-0.05, 0) is 31.4 Å². The van der Waals surface area contributed by atoms with Gasteiger partial charge >= 0.3 is 5.69 Å². The first-order valence-corrected chi connectivity index (χ1v) is 6.87. The number of alkyl halides is 1. The number of hydrogen-bond donors (Lipinski definition) is 0. The molecule has 1 aromatic rings. The summed E-state index contributed by atoms with van der Waals surface area (Å²) in [7, 11) is 0. The van der Waals surface area contributed by atoms with Gasteiger partial charge in [-0.3, -0.25) is 10.1 Å². The van der Waals surface area contributed by atoms with Gasteiger partial charge in [0.15, 0.2) is 5.75 Å². The van der Waals surface area contributed by atoms with Gasteiger partial charge < -0.3 is 4.74 Å². The van der Waals surface area contributed by atoms with Crippen molar-refractivity contribution in [2.75, 3.05) is 6.61 Å². The van der Waals surface area contributed by atoms with E-state index in [1.54, 1.807) is 19.1 Å². The molecule has 0 aromatic heterocycles. The van der Waals surface area contributed by atoms with Crippen LogP contribution in [0, 0.1) is 16.0 Å². The molecule has 4 nitrogen and oxygen atoms in total. The zero-order valence-electron chi connectivity index (χ0n) is 11.7. The van der Waals surface area contributed by atoms with Gasteiger partial charge in [0.2, 0.25) is 0 Å². The number of benzene rings is 1. The topological polar surface area (TPSA) is 52.4 Å². The van der Waals surface area contributed by atoms with Crippen molar-refractivity contribution >= 4 is 17.3 Å². The monoisotopic (exact) mass is 285 g/mol. The molecule has 0 saturated carbocycles. The third kappa shape index (κ3) is 3.83. The average Bonchev–Trinajstić information content (AvgIpc) is 2.28. The van der Waals surface area contributed by atoms with E-state index in [4.69, 9.17) is 16.3 Å². The molecule has 2 atom stereocenters. The Kier molecular flexibility index (Phi) is 5.60. The van der Waals surface area contributed by atoms with E-state index < -0.39 is 4.92 Å². The van der Waals surface area contributed by atoms with Crippen LogP contribution in [0.25, 0.3) is 0 Å². The summed E-state index contributed by atoms with van der Waals surface area (Å²) in [6.07, 6.45) is 0. The van der Waals surface area contributed by atoms with Gasteiger partial charge in [0, 0.05) is 17.4 Å². The lowest BCUT2D eigenvalue weighted by atomic mass is 9.86. The molecule has 0 heterocycles. The summed E-state index contributed by atoms with van der Waals surface area (Å²) in [4.78, 5) is 10.5. The van der Waals surface area contributed by atoms with Crippen molar-refractivity contribution in [3.63, 3.8) is 0 Å². The number of halogens is 1. The zero-order valence-corrected chi connectivity index (χ0v) is 12.5. The zero-order chi connectivity index (χ0) is 14.6. The van der Waals surface area contributed by atoms with Crippen LogP contribution in [0.2, 0.25) is 0 Å². The summed E-state index contributed by atoms with van der Waals surface area (Å²) < 4.78 is 5.36. The first-order chi connectivity index (χ1) is 8.88. The van der Waals surface area contributed by atoms with Crippen LogP contribution in [0.5, 0.6) is 5.75 Å². The molecule has 1 rings (SSSR count). The minimum Gasteiger partial charge on any atom is -0.487 e. The van der Waals surface area contributed by atoms with Crippen LogP contribution in [-0.4, -0.2) is 16.9 Å². The fourth-order valence-electron chi connectivity index (χ4n) is 2.34. The summed E-state index contributed by atoms with van der Waals surface area (Å²) in [5.74, 6) is 0.804. The highest BCUT2D eigenvalue weighted by molar-refractivity contribution is 6.20. The molecule has 0 amide bonds. The van der Waals surface area contributed by atoms with Gasteiger partial charge in [-0.15, -0.1) is 11.6 Å². The van der Waals surface area contributed by atoms with Crippen molar-refractivity contribution in [3.8, 4) is 5.75 Å². The molecular formula is C14H20ClNO3. The van der Waals surface area contributed by atoms with Crippen LogP contribution >= 0.6 is 11.6 Å². The van der Waals surface area contributed by atoms with E-state index in [0.29, 0.717) is 18.3 Å². The maximum Gasteiger partial charge on any atom is 0.310 e. The highest BCUT2D eigenvalue weighted by Crippen LogP contribution is 2.36. The third-order valence-corrected chi connectivity index (χ3v) is 3.35. The lowest BCUT2D eigenvalue weighted by molar-refractivity contribution is -0.385. The second kappa shape index (κ2) is 6.75. The number of ether oxygens (including phenoxy) is 1. The standard InChI is InChI=1S/C14H20ClNO3/c1-5-19-13-8-11(6-7-12(13)16(17)18)14(9(2)3)10(4)15/h6-10,14H,5H2,1-4H3. The molecule has 19 heavy (non-hydrogen) atoms. The molecule has 0 spiro atoms. The van der Waals surface area contributed by atoms with Gasteiger partial charge in [0.1, 0.15) is 0 Å². The molecule has 0 aliphatic heterocycles. The van der Waals surface area contributed by atoms with E-state index >= 15 is 0 Å². The summed E-state index contributed by atoms with van der Waals surface area (Å²) in [6.45, 7) is 8.32. The lowest BCUT2D eigenvalue weighted by Gasteiger charge is -2.24. The summed E-state index contributed by atoms with van der Waals surface area (Å²) in [5.41, 5.74) is 0.974. The molecular weight excluding hydrogens is 266 g/mol. The first kappa shape index (κ1) is 15.8. The molecule has 0 aliphatic carbocycles. The average molecular weight is 286 g/mol. The van der Waals surface area contributed by atoms with Crippen LogP contribution in [0.15, 0.2) is 18.2 Å². The Morgan fingerprint density at radius 2 is 2.00 bits per heavy atom. The lowest BCUT2D eigenvalue weighted by Crippen LogP contribution is -2.16. The SMILES string of the molecule is CCOc1cc(C(C(C)C)C(C)Cl)ccc1[N+](=O)[O-]. The third-order valence-electron chi connectivity index (χ3n) is 3.08. The molecule has 5 heteroatoms. The molecule has 0 bridgehead atoms. The fourth-order valence-corrected chi connectivity index (χ4v) is 2.78. The van der Waals surface area contributed by atoms with Crippen molar-refractivity contribution in [3.05, 3.63) is 33.9 Å². The van der Waals surface area contributed by atoms with Crippen molar-refractivity contribution in [1.29, 1.82) is 0 Å². The van der Waals surface area contributed by atoms with E-state index in [-0.39, 0.29) is 17.0 Å². The largest absolute Gasteiger partial charge is 0.487 e. The van der Waals surface area contributed by atoms with Gasteiger partial charge in [0.05, 0.1) is 11.5 Å². The maximum absolute atomic E-state index is 10.9. The summed E-state index contributed by atoms with van der Waals surface area (Å²) in [5, 5.41) is 10.9. The van der Waals surface area contributed by atoms with Crippen LogP contribution in [0.1, 0.15) is 39.2 Å². The van der Waals surface area contributed by atoms with Crippen LogP contribution in [0.4, 0.5) is 5.69 Å². The van der Waals surface area contributed by atoms with Crippen molar-refractivity contribution in [2.45, 2.75) is 39.0 Å². The van der Waals surface area contributed by atoms with Gasteiger partial charge in [0.25, 0.3) is 0 Å². The van der Waals surface area contributed by atoms with Crippen LogP contribution in [0.3, 0.4) is 0 Å². The minimum absolute atomic E-state index is 0.00432. The molecule has 0 radical (unpaired) electrons. The highest BCUT2D eigenvalue weighted by Gasteiger charge is 2.24. The molecule has 2 unspecified atom stereocenters. The van der Waals surface area contributed by atoms with E-state index in [0.717, 1.165) is 5.56 Å². The van der Waals surface area contributed by atoms with Gasteiger partial charge in [-0.1, -0.05) is 19.9 Å². The van der Waals surface area contributed by atoms with Crippen LogP contribution in [-0.2, 0) is 0 Å². The minimum atomic E-state index is -0.427. The van der Waals surface area contributed by atoms with Crippen molar-refractivity contribution in [2.24, 2.45) is 5.92 Å². The van der Waals surface area contributed by atoms with Crippen LogP contribution < -0.4 is 4.74 Å².